The summed E-state index contributed by atoms with van der Waals surface area (Å²) < 4.78 is 35.2. The third kappa shape index (κ3) is 4.64. The third-order valence-corrected chi connectivity index (χ3v) is 5.37. The molecule has 0 radical (unpaired) electrons. The van der Waals surface area contributed by atoms with Gasteiger partial charge >= 0.3 is 0 Å². The molecule has 1 amide bonds. The molecule has 0 atom stereocenters. The van der Waals surface area contributed by atoms with Gasteiger partial charge in [0, 0.05) is 32.0 Å². The number of amides is 1. The molecule has 0 aromatic rings. The fraction of sp³-hybridized carbons (Fsp3) is 0.923. The number of hydrogen-bond donors (Lipinski definition) is 1. The summed E-state index contributed by atoms with van der Waals surface area (Å²) in [5.74, 6) is -0.710. The summed E-state index contributed by atoms with van der Waals surface area (Å²) >= 11 is 0. The van der Waals surface area contributed by atoms with Crippen LogP contribution in [0.5, 0.6) is 0 Å². The monoisotopic (exact) mass is 320 g/mol. The zero-order valence-corrected chi connectivity index (χ0v) is 13.4. The molecule has 0 bridgehead atoms. The first-order chi connectivity index (χ1) is 9.80. The first kappa shape index (κ1) is 16.7. The van der Waals surface area contributed by atoms with Gasteiger partial charge in [-0.25, -0.2) is 12.7 Å². The number of ether oxygens (including phenoxy) is 2. The van der Waals surface area contributed by atoms with Crippen LogP contribution >= 0.6 is 0 Å². The summed E-state index contributed by atoms with van der Waals surface area (Å²) in [6, 6.07) is 0. The van der Waals surface area contributed by atoms with Crippen molar-refractivity contribution in [2.45, 2.75) is 32.0 Å². The Morgan fingerprint density at radius 1 is 1.29 bits per heavy atom. The van der Waals surface area contributed by atoms with Gasteiger partial charge < -0.3 is 14.8 Å². The van der Waals surface area contributed by atoms with Crippen molar-refractivity contribution in [1.29, 1.82) is 0 Å². The molecule has 2 heterocycles. The summed E-state index contributed by atoms with van der Waals surface area (Å²) in [5, 5.41) is 2.89. The highest BCUT2D eigenvalue weighted by molar-refractivity contribution is 7.88. The normalized spacial score (nSPS) is 24.1. The third-order valence-electron chi connectivity index (χ3n) is 4.07. The maximum atomic E-state index is 12.1. The van der Waals surface area contributed by atoms with Gasteiger partial charge in [-0.15, -0.1) is 0 Å². The second-order valence-electron chi connectivity index (χ2n) is 5.81. The molecule has 21 heavy (non-hydrogen) atoms. The van der Waals surface area contributed by atoms with Crippen LogP contribution in [0.4, 0.5) is 0 Å². The number of piperidine rings is 1. The SMILES string of the molecule is CC1(CCNC(=O)C2CCN(S(C)(=O)=O)CC2)OCCO1. The molecule has 2 saturated heterocycles. The van der Waals surface area contributed by atoms with E-state index in [9.17, 15) is 13.2 Å². The molecule has 122 valence electrons. The van der Waals surface area contributed by atoms with Crippen LogP contribution in [-0.2, 0) is 24.3 Å². The van der Waals surface area contributed by atoms with Crippen molar-refractivity contribution in [3.05, 3.63) is 0 Å². The Bertz CT molecular complexity index is 465. The molecular weight excluding hydrogens is 296 g/mol. The summed E-state index contributed by atoms with van der Waals surface area (Å²) in [6.45, 7) is 4.39. The molecule has 0 unspecified atom stereocenters. The van der Waals surface area contributed by atoms with E-state index in [-0.39, 0.29) is 11.8 Å². The number of nitrogens with one attached hydrogen (secondary N) is 1. The van der Waals surface area contributed by atoms with Crippen LogP contribution in [0.2, 0.25) is 0 Å². The van der Waals surface area contributed by atoms with E-state index in [0.717, 1.165) is 0 Å². The molecule has 7 nitrogen and oxygen atoms in total. The maximum Gasteiger partial charge on any atom is 0.223 e. The van der Waals surface area contributed by atoms with Crippen LogP contribution < -0.4 is 5.32 Å². The van der Waals surface area contributed by atoms with Gasteiger partial charge in [-0.05, 0) is 19.8 Å². The minimum atomic E-state index is -3.14. The molecule has 0 saturated carbocycles. The van der Waals surface area contributed by atoms with Crippen molar-refractivity contribution in [2.24, 2.45) is 5.92 Å². The highest BCUT2D eigenvalue weighted by atomic mass is 32.2. The summed E-state index contributed by atoms with van der Waals surface area (Å²) in [7, 11) is -3.14. The number of hydrogen-bond acceptors (Lipinski definition) is 5. The Hall–Kier alpha value is -0.700. The molecule has 0 spiro atoms. The first-order valence-electron chi connectivity index (χ1n) is 7.31. The predicted octanol–water partition coefficient (Wildman–Crippen LogP) is -0.0727. The molecule has 0 aliphatic carbocycles. The Morgan fingerprint density at radius 2 is 1.86 bits per heavy atom. The van der Waals surface area contributed by atoms with E-state index in [1.807, 2.05) is 6.92 Å². The van der Waals surface area contributed by atoms with E-state index >= 15 is 0 Å². The molecule has 2 rings (SSSR count). The summed E-state index contributed by atoms with van der Waals surface area (Å²) in [4.78, 5) is 12.1. The van der Waals surface area contributed by atoms with Crippen LogP contribution in [0.1, 0.15) is 26.2 Å². The van der Waals surface area contributed by atoms with Crippen molar-refractivity contribution in [1.82, 2.24) is 9.62 Å². The Labute approximate surface area is 126 Å². The molecular formula is C13H24N2O5S. The van der Waals surface area contributed by atoms with Crippen molar-refractivity contribution < 1.29 is 22.7 Å². The molecule has 2 aliphatic rings. The van der Waals surface area contributed by atoms with Gasteiger partial charge in [0.05, 0.1) is 19.5 Å². The largest absolute Gasteiger partial charge is 0.356 e. The van der Waals surface area contributed by atoms with Crippen molar-refractivity contribution >= 4 is 15.9 Å². The van der Waals surface area contributed by atoms with E-state index in [1.54, 1.807) is 0 Å². The van der Waals surface area contributed by atoms with Crippen LogP contribution in [0.3, 0.4) is 0 Å². The van der Waals surface area contributed by atoms with Gasteiger partial charge in [-0.2, -0.15) is 0 Å². The molecule has 2 aliphatic heterocycles. The molecule has 1 N–H and O–H groups in total. The lowest BCUT2D eigenvalue weighted by Crippen LogP contribution is -2.43. The lowest BCUT2D eigenvalue weighted by Gasteiger charge is -2.29. The van der Waals surface area contributed by atoms with Gasteiger partial charge in [-0.3, -0.25) is 4.79 Å². The lowest BCUT2D eigenvalue weighted by molar-refractivity contribution is -0.147. The van der Waals surface area contributed by atoms with Gasteiger partial charge in [0.1, 0.15) is 0 Å². The van der Waals surface area contributed by atoms with Crippen LogP contribution in [0.15, 0.2) is 0 Å². The number of sulfonamides is 1. The average Bonchev–Trinajstić information content (AvgIpc) is 2.85. The standard InChI is InChI=1S/C13H24N2O5S/c1-13(19-9-10-20-13)5-6-14-12(16)11-3-7-15(8-4-11)21(2,17)18/h11H,3-10H2,1-2H3,(H,14,16). The van der Waals surface area contributed by atoms with Crippen LogP contribution in [-0.4, -0.2) is 63.5 Å². The fourth-order valence-corrected chi connectivity index (χ4v) is 3.58. The average molecular weight is 320 g/mol. The first-order valence-corrected chi connectivity index (χ1v) is 9.16. The van der Waals surface area contributed by atoms with Gasteiger partial charge in [0.15, 0.2) is 5.79 Å². The molecule has 8 heteroatoms. The second-order valence-corrected chi connectivity index (χ2v) is 7.79. The maximum absolute atomic E-state index is 12.1. The van der Waals surface area contributed by atoms with Crippen molar-refractivity contribution in [3.63, 3.8) is 0 Å². The minimum absolute atomic E-state index is 0.00949. The molecule has 2 fully saturated rings. The van der Waals surface area contributed by atoms with Crippen molar-refractivity contribution in [3.8, 4) is 0 Å². The van der Waals surface area contributed by atoms with E-state index in [1.165, 1.54) is 10.6 Å². The molecule has 0 aromatic heterocycles. The van der Waals surface area contributed by atoms with Crippen LogP contribution in [0.25, 0.3) is 0 Å². The van der Waals surface area contributed by atoms with Gasteiger partial charge in [0.2, 0.25) is 15.9 Å². The minimum Gasteiger partial charge on any atom is -0.356 e. The Balaban J connectivity index is 1.70. The quantitative estimate of drug-likeness (QED) is 0.766. The fourth-order valence-electron chi connectivity index (χ4n) is 2.71. The van der Waals surface area contributed by atoms with Crippen molar-refractivity contribution in [2.75, 3.05) is 39.1 Å². The number of carbonyl (C=O) groups is 1. The highest BCUT2D eigenvalue weighted by Crippen LogP contribution is 2.22. The highest BCUT2D eigenvalue weighted by Gasteiger charge is 2.32. The van der Waals surface area contributed by atoms with E-state index in [2.05, 4.69) is 5.32 Å². The summed E-state index contributed by atoms with van der Waals surface area (Å²) in [5.41, 5.74) is 0. The van der Waals surface area contributed by atoms with Crippen LogP contribution in [0, 0.1) is 5.92 Å². The number of carbonyl (C=O) groups excluding carboxylic acids is 1. The molecule has 0 aromatic carbocycles. The van der Waals surface area contributed by atoms with E-state index in [0.29, 0.717) is 52.1 Å². The smallest absolute Gasteiger partial charge is 0.223 e. The number of rotatable bonds is 5. The Kier molecular flexibility index (Phi) is 5.24. The van der Waals surface area contributed by atoms with Gasteiger partial charge in [-0.1, -0.05) is 0 Å². The predicted molar refractivity (Wildman–Crippen MR) is 77.1 cm³/mol. The lowest BCUT2D eigenvalue weighted by atomic mass is 9.97. The topological polar surface area (TPSA) is 84.9 Å². The number of nitrogens with zero attached hydrogens (tertiary/aromatic N) is 1. The van der Waals surface area contributed by atoms with E-state index in [4.69, 9.17) is 9.47 Å². The van der Waals surface area contributed by atoms with E-state index < -0.39 is 15.8 Å². The second kappa shape index (κ2) is 6.60. The zero-order chi connectivity index (χ0) is 15.5. The zero-order valence-electron chi connectivity index (χ0n) is 12.6. The summed E-state index contributed by atoms with van der Waals surface area (Å²) in [6.07, 6.45) is 2.96. The Morgan fingerprint density at radius 3 is 2.38 bits per heavy atom. The van der Waals surface area contributed by atoms with Gasteiger partial charge in [0.25, 0.3) is 0 Å².